The largest absolute Gasteiger partial charge is 0.465 e. The van der Waals surface area contributed by atoms with Crippen molar-refractivity contribution < 1.29 is 9.53 Å². The molecule has 1 aromatic heterocycles. The number of carbonyl (C=O) groups is 1. The van der Waals surface area contributed by atoms with Crippen LogP contribution in [0.5, 0.6) is 0 Å². The molecule has 0 aromatic carbocycles. The van der Waals surface area contributed by atoms with Crippen LogP contribution in [0.15, 0.2) is 24.5 Å². The number of nitrogens with zero attached hydrogens (tertiary/aromatic N) is 2. The highest BCUT2D eigenvalue weighted by molar-refractivity contribution is 5.71. The Morgan fingerprint density at radius 2 is 2.44 bits per heavy atom. The van der Waals surface area contributed by atoms with E-state index in [-0.39, 0.29) is 5.97 Å². The number of rotatable bonds is 4. The lowest BCUT2D eigenvalue weighted by atomic mass is 9.96. The minimum Gasteiger partial charge on any atom is -0.465 e. The van der Waals surface area contributed by atoms with Crippen molar-refractivity contribution in [3.05, 3.63) is 30.1 Å². The molecule has 1 fully saturated rings. The minimum absolute atomic E-state index is 0.131. The number of hydrogen-bond acceptors (Lipinski definition) is 4. The minimum atomic E-state index is -0.131. The molecule has 1 aromatic rings. The Kier molecular flexibility index (Phi) is 4.70. The molecule has 0 N–H and O–H groups in total. The van der Waals surface area contributed by atoms with Crippen LogP contribution in [0.4, 0.5) is 0 Å². The molecule has 0 unspecified atom stereocenters. The summed E-state index contributed by atoms with van der Waals surface area (Å²) in [4.78, 5) is 18.0. The van der Waals surface area contributed by atoms with Gasteiger partial charge in [0.25, 0.3) is 0 Å². The topological polar surface area (TPSA) is 42.4 Å². The zero-order chi connectivity index (χ0) is 12.8. The van der Waals surface area contributed by atoms with Crippen molar-refractivity contribution in [2.24, 2.45) is 0 Å². The lowest BCUT2D eigenvalue weighted by Crippen LogP contribution is -2.38. The van der Waals surface area contributed by atoms with Crippen LogP contribution in [0.25, 0.3) is 0 Å². The Bertz CT molecular complexity index is 381. The number of esters is 1. The highest BCUT2D eigenvalue weighted by Crippen LogP contribution is 2.29. The van der Waals surface area contributed by atoms with Crippen molar-refractivity contribution in [2.45, 2.75) is 32.2 Å². The first kappa shape index (κ1) is 13.0. The number of piperidine rings is 1. The molecule has 98 valence electrons. The van der Waals surface area contributed by atoms with Gasteiger partial charge in [-0.2, -0.15) is 0 Å². The van der Waals surface area contributed by atoms with Crippen molar-refractivity contribution in [2.75, 3.05) is 19.7 Å². The SMILES string of the molecule is CCOC(=O)CN1CCCC[C@@H]1c1cccnc1. The van der Waals surface area contributed by atoms with Gasteiger partial charge in [-0.15, -0.1) is 0 Å². The van der Waals surface area contributed by atoms with Gasteiger partial charge in [0.1, 0.15) is 0 Å². The van der Waals surface area contributed by atoms with Crippen molar-refractivity contribution in [3.8, 4) is 0 Å². The van der Waals surface area contributed by atoms with Gasteiger partial charge in [-0.1, -0.05) is 12.5 Å². The summed E-state index contributed by atoms with van der Waals surface area (Å²) in [6, 6.07) is 4.34. The molecule has 2 heterocycles. The number of pyridine rings is 1. The number of carbonyl (C=O) groups excluding carboxylic acids is 1. The molecule has 0 amide bonds. The van der Waals surface area contributed by atoms with Crippen LogP contribution in [0.3, 0.4) is 0 Å². The third kappa shape index (κ3) is 3.29. The maximum Gasteiger partial charge on any atom is 0.320 e. The van der Waals surface area contributed by atoms with Gasteiger partial charge in [-0.25, -0.2) is 0 Å². The van der Waals surface area contributed by atoms with Crippen molar-refractivity contribution in [1.82, 2.24) is 9.88 Å². The van der Waals surface area contributed by atoms with Crippen LogP contribution in [0.1, 0.15) is 37.8 Å². The smallest absolute Gasteiger partial charge is 0.320 e. The molecule has 2 rings (SSSR count). The van der Waals surface area contributed by atoms with Gasteiger partial charge in [-0.3, -0.25) is 14.7 Å². The van der Waals surface area contributed by atoms with Gasteiger partial charge in [0.05, 0.1) is 13.2 Å². The second kappa shape index (κ2) is 6.50. The summed E-state index contributed by atoms with van der Waals surface area (Å²) >= 11 is 0. The molecule has 0 saturated carbocycles. The first-order valence-corrected chi connectivity index (χ1v) is 6.61. The zero-order valence-electron chi connectivity index (χ0n) is 10.8. The molecule has 0 aliphatic carbocycles. The highest BCUT2D eigenvalue weighted by Gasteiger charge is 2.25. The Morgan fingerprint density at radius 1 is 1.56 bits per heavy atom. The molecule has 0 spiro atoms. The molecule has 1 aliphatic heterocycles. The quantitative estimate of drug-likeness (QED) is 0.766. The highest BCUT2D eigenvalue weighted by atomic mass is 16.5. The maximum atomic E-state index is 11.6. The number of hydrogen-bond donors (Lipinski definition) is 0. The van der Waals surface area contributed by atoms with Gasteiger partial charge >= 0.3 is 5.97 Å². The first-order chi connectivity index (χ1) is 8.81. The Morgan fingerprint density at radius 3 is 3.17 bits per heavy atom. The fourth-order valence-electron chi connectivity index (χ4n) is 2.50. The van der Waals surface area contributed by atoms with Crippen molar-refractivity contribution >= 4 is 5.97 Å². The summed E-state index contributed by atoms with van der Waals surface area (Å²) in [5, 5.41) is 0. The summed E-state index contributed by atoms with van der Waals surface area (Å²) in [7, 11) is 0. The molecular weight excluding hydrogens is 228 g/mol. The maximum absolute atomic E-state index is 11.6. The van der Waals surface area contributed by atoms with Crippen LogP contribution in [0.2, 0.25) is 0 Å². The number of ether oxygens (including phenoxy) is 1. The molecule has 18 heavy (non-hydrogen) atoms. The van der Waals surface area contributed by atoms with Crippen LogP contribution < -0.4 is 0 Å². The van der Waals surface area contributed by atoms with Crippen LogP contribution >= 0.6 is 0 Å². The second-order valence-electron chi connectivity index (χ2n) is 4.57. The van der Waals surface area contributed by atoms with Gasteiger partial charge in [0.2, 0.25) is 0 Å². The van der Waals surface area contributed by atoms with Gasteiger partial charge in [0, 0.05) is 18.4 Å². The summed E-state index contributed by atoms with van der Waals surface area (Å²) in [5.41, 5.74) is 1.20. The van der Waals surface area contributed by atoms with Gasteiger partial charge < -0.3 is 4.74 Å². The number of likely N-dealkylation sites (tertiary alicyclic amines) is 1. The molecule has 4 nitrogen and oxygen atoms in total. The molecule has 4 heteroatoms. The van der Waals surface area contributed by atoms with Crippen LogP contribution in [0, 0.1) is 0 Å². The van der Waals surface area contributed by atoms with E-state index < -0.39 is 0 Å². The van der Waals surface area contributed by atoms with Crippen LogP contribution in [-0.4, -0.2) is 35.5 Å². The van der Waals surface area contributed by atoms with E-state index in [9.17, 15) is 4.79 Å². The van der Waals surface area contributed by atoms with Gasteiger partial charge in [-0.05, 0) is 37.9 Å². The second-order valence-corrected chi connectivity index (χ2v) is 4.57. The average Bonchev–Trinajstić information content (AvgIpc) is 2.40. The lowest BCUT2D eigenvalue weighted by Gasteiger charge is -2.34. The summed E-state index contributed by atoms with van der Waals surface area (Å²) < 4.78 is 5.03. The Hall–Kier alpha value is -1.42. The Labute approximate surface area is 108 Å². The fraction of sp³-hybridized carbons (Fsp3) is 0.571. The van der Waals surface area contributed by atoms with E-state index in [4.69, 9.17) is 4.74 Å². The Balaban J connectivity index is 2.04. The first-order valence-electron chi connectivity index (χ1n) is 6.61. The molecule has 0 bridgehead atoms. The third-order valence-electron chi connectivity index (χ3n) is 3.32. The van der Waals surface area contributed by atoms with E-state index in [1.165, 1.54) is 12.0 Å². The average molecular weight is 248 g/mol. The molecule has 0 radical (unpaired) electrons. The molecule has 1 saturated heterocycles. The number of aromatic nitrogens is 1. The molecule has 1 aliphatic rings. The predicted octanol–water partition coefficient (Wildman–Crippen LogP) is 2.17. The predicted molar refractivity (Wildman–Crippen MR) is 69.0 cm³/mol. The standard InChI is InChI=1S/C14H20N2O2/c1-2-18-14(17)11-16-9-4-3-7-13(16)12-6-5-8-15-10-12/h5-6,8,10,13H,2-4,7,9,11H2,1H3/t13-/m1/s1. The fourth-order valence-corrected chi connectivity index (χ4v) is 2.50. The van der Waals surface area contributed by atoms with E-state index in [1.54, 1.807) is 6.20 Å². The monoisotopic (exact) mass is 248 g/mol. The van der Waals surface area contributed by atoms with E-state index >= 15 is 0 Å². The molecular formula is C14H20N2O2. The van der Waals surface area contributed by atoms with Gasteiger partial charge in [0.15, 0.2) is 0 Å². The third-order valence-corrected chi connectivity index (χ3v) is 3.32. The zero-order valence-corrected chi connectivity index (χ0v) is 10.8. The summed E-state index contributed by atoms with van der Waals surface area (Å²) in [6.45, 7) is 3.63. The lowest BCUT2D eigenvalue weighted by molar-refractivity contribution is -0.145. The molecule has 1 atom stereocenters. The van der Waals surface area contributed by atoms with Crippen molar-refractivity contribution in [1.29, 1.82) is 0 Å². The van der Waals surface area contributed by atoms with E-state index in [1.807, 2.05) is 19.2 Å². The summed E-state index contributed by atoms with van der Waals surface area (Å²) in [5.74, 6) is -0.131. The van der Waals surface area contributed by atoms with E-state index in [0.717, 1.165) is 19.4 Å². The van der Waals surface area contributed by atoms with Crippen molar-refractivity contribution in [3.63, 3.8) is 0 Å². The van der Waals surface area contributed by atoms with E-state index in [2.05, 4.69) is 16.0 Å². The summed E-state index contributed by atoms with van der Waals surface area (Å²) in [6.07, 6.45) is 7.12. The van der Waals surface area contributed by atoms with E-state index in [0.29, 0.717) is 19.2 Å². The normalized spacial score (nSPS) is 20.6. The van der Waals surface area contributed by atoms with Crippen LogP contribution in [-0.2, 0) is 9.53 Å².